The third-order valence-electron chi connectivity index (χ3n) is 4.20. The molecule has 1 saturated heterocycles. The van der Waals surface area contributed by atoms with Crippen molar-refractivity contribution in [1.29, 1.82) is 0 Å². The number of pyridine rings is 1. The highest BCUT2D eigenvalue weighted by Crippen LogP contribution is 2.32. The molecule has 118 valence electrons. The summed E-state index contributed by atoms with van der Waals surface area (Å²) >= 11 is 0. The Morgan fingerprint density at radius 2 is 2.24 bits per heavy atom. The molecule has 0 aliphatic carbocycles. The van der Waals surface area contributed by atoms with Gasteiger partial charge in [-0.05, 0) is 31.9 Å². The molecule has 1 fully saturated rings. The van der Waals surface area contributed by atoms with Gasteiger partial charge in [0.25, 0.3) is 10.0 Å². The molecule has 7 heteroatoms. The highest BCUT2D eigenvalue weighted by Gasteiger charge is 2.38. The molecule has 2 unspecified atom stereocenters. The summed E-state index contributed by atoms with van der Waals surface area (Å²) in [5.41, 5.74) is -0.177. The molecule has 2 atom stereocenters. The van der Waals surface area contributed by atoms with Crippen molar-refractivity contribution in [3.8, 4) is 0 Å². The van der Waals surface area contributed by atoms with Gasteiger partial charge in [-0.25, -0.2) is 22.5 Å². The minimum atomic E-state index is -3.76. The summed E-state index contributed by atoms with van der Waals surface area (Å²) in [6.07, 6.45) is 1.42. The van der Waals surface area contributed by atoms with E-state index in [2.05, 4.69) is 9.71 Å². The van der Waals surface area contributed by atoms with Gasteiger partial charge in [0.15, 0.2) is 5.03 Å². The van der Waals surface area contributed by atoms with Crippen molar-refractivity contribution in [3.05, 3.63) is 23.6 Å². The van der Waals surface area contributed by atoms with E-state index >= 15 is 0 Å². The van der Waals surface area contributed by atoms with E-state index < -0.39 is 15.8 Å². The van der Waals surface area contributed by atoms with Gasteiger partial charge in [0.1, 0.15) is 5.82 Å². The van der Waals surface area contributed by atoms with E-state index in [1.54, 1.807) is 0 Å². The quantitative estimate of drug-likeness (QED) is 0.922. The van der Waals surface area contributed by atoms with Gasteiger partial charge in [0.2, 0.25) is 0 Å². The van der Waals surface area contributed by atoms with Crippen molar-refractivity contribution in [2.24, 2.45) is 5.41 Å². The second-order valence-corrected chi connectivity index (χ2v) is 7.40. The van der Waals surface area contributed by atoms with Crippen LogP contribution in [0.1, 0.15) is 32.4 Å². The molecule has 1 aromatic rings. The third kappa shape index (κ3) is 3.41. The number of rotatable bonds is 4. The van der Waals surface area contributed by atoms with Crippen molar-refractivity contribution in [1.82, 2.24) is 9.71 Å². The molecule has 1 N–H and O–H groups in total. The maximum atomic E-state index is 13.2. The van der Waals surface area contributed by atoms with Gasteiger partial charge in [-0.1, -0.05) is 13.8 Å². The molecule has 0 saturated carbocycles. The molecule has 2 rings (SSSR count). The molecule has 1 aliphatic heterocycles. The maximum absolute atomic E-state index is 13.2. The second-order valence-electron chi connectivity index (χ2n) is 5.74. The minimum Gasteiger partial charge on any atom is -0.381 e. The highest BCUT2D eigenvalue weighted by atomic mass is 32.2. The number of nitrogens with zero attached hydrogens (tertiary/aromatic N) is 1. The van der Waals surface area contributed by atoms with E-state index in [0.29, 0.717) is 19.6 Å². The zero-order valence-electron chi connectivity index (χ0n) is 12.5. The molecule has 1 aromatic heterocycles. The molecule has 1 aliphatic rings. The molecule has 0 bridgehead atoms. The Balaban J connectivity index is 2.25. The second kappa shape index (κ2) is 5.98. The van der Waals surface area contributed by atoms with E-state index in [1.807, 2.05) is 13.8 Å². The van der Waals surface area contributed by atoms with Crippen LogP contribution in [0.5, 0.6) is 0 Å². The SMILES string of the molecule is CCC1(C)COCCC1NS(=O)(=O)c1ccc(F)c(C)n1. The fourth-order valence-corrected chi connectivity index (χ4v) is 3.83. The van der Waals surface area contributed by atoms with Crippen molar-refractivity contribution in [2.75, 3.05) is 13.2 Å². The number of sulfonamides is 1. The van der Waals surface area contributed by atoms with E-state index in [9.17, 15) is 12.8 Å². The van der Waals surface area contributed by atoms with Gasteiger partial charge in [0.05, 0.1) is 12.3 Å². The lowest BCUT2D eigenvalue weighted by molar-refractivity contribution is -0.0189. The zero-order chi connectivity index (χ0) is 15.7. The number of aryl methyl sites for hydroxylation is 1. The number of hydrogen-bond acceptors (Lipinski definition) is 4. The lowest BCUT2D eigenvalue weighted by Crippen LogP contribution is -2.51. The molecule has 0 radical (unpaired) electrons. The Kier molecular flexibility index (Phi) is 4.65. The maximum Gasteiger partial charge on any atom is 0.258 e. The monoisotopic (exact) mass is 316 g/mol. The molecule has 2 heterocycles. The van der Waals surface area contributed by atoms with Gasteiger partial charge in [0, 0.05) is 18.1 Å². The normalized spacial score (nSPS) is 26.8. The molecular formula is C14H21FN2O3S. The third-order valence-corrected chi connectivity index (χ3v) is 5.57. The van der Waals surface area contributed by atoms with E-state index in [1.165, 1.54) is 13.0 Å². The standard InChI is InChI=1S/C14H21FN2O3S/c1-4-14(3)9-20-8-7-12(14)17-21(18,19)13-6-5-11(15)10(2)16-13/h5-6,12,17H,4,7-9H2,1-3H3. The fourth-order valence-electron chi connectivity index (χ4n) is 2.42. The first kappa shape index (κ1) is 16.3. The summed E-state index contributed by atoms with van der Waals surface area (Å²) in [6.45, 7) is 6.50. The van der Waals surface area contributed by atoms with Gasteiger partial charge in [-0.3, -0.25) is 0 Å². The van der Waals surface area contributed by atoms with Crippen molar-refractivity contribution >= 4 is 10.0 Å². The molecule has 21 heavy (non-hydrogen) atoms. The van der Waals surface area contributed by atoms with Crippen LogP contribution in [0.3, 0.4) is 0 Å². The van der Waals surface area contributed by atoms with Crippen molar-refractivity contribution < 1.29 is 17.5 Å². The van der Waals surface area contributed by atoms with Crippen molar-refractivity contribution in [3.63, 3.8) is 0 Å². The Morgan fingerprint density at radius 1 is 1.52 bits per heavy atom. The van der Waals surface area contributed by atoms with Crippen LogP contribution >= 0.6 is 0 Å². The van der Waals surface area contributed by atoms with Gasteiger partial charge < -0.3 is 4.74 Å². The van der Waals surface area contributed by atoms with Crippen LogP contribution in [-0.4, -0.2) is 32.7 Å². The lowest BCUT2D eigenvalue weighted by Gasteiger charge is -2.40. The fraction of sp³-hybridized carbons (Fsp3) is 0.643. The van der Waals surface area contributed by atoms with E-state index in [4.69, 9.17) is 4.74 Å². The summed E-state index contributed by atoms with van der Waals surface area (Å²) in [5, 5.41) is -0.147. The van der Waals surface area contributed by atoms with Crippen LogP contribution in [0.4, 0.5) is 4.39 Å². The summed E-state index contributed by atoms with van der Waals surface area (Å²) in [6, 6.07) is 2.10. The lowest BCUT2D eigenvalue weighted by atomic mass is 9.78. The average Bonchev–Trinajstić information content (AvgIpc) is 2.44. The van der Waals surface area contributed by atoms with Crippen LogP contribution in [0.25, 0.3) is 0 Å². The minimum absolute atomic E-state index is 0.0723. The Hall–Kier alpha value is -1.05. The number of nitrogens with one attached hydrogen (secondary N) is 1. The van der Waals surface area contributed by atoms with Crippen molar-refractivity contribution in [2.45, 2.75) is 44.7 Å². The van der Waals surface area contributed by atoms with Gasteiger partial charge in [-0.2, -0.15) is 0 Å². The molecular weight excluding hydrogens is 295 g/mol. The van der Waals surface area contributed by atoms with Crippen LogP contribution in [0.2, 0.25) is 0 Å². The number of aromatic nitrogens is 1. The predicted molar refractivity (Wildman–Crippen MR) is 76.9 cm³/mol. The Bertz CT molecular complexity index is 621. The van der Waals surface area contributed by atoms with E-state index in [-0.39, 0.29) is 22.2 Å². The summed E-state index contributed by atoms with van der Waals surface area (Å²) in [4.78, 5) is 3.83. The molecule has 0 spiro atoms. The Morgan fingerprint density at radius 3 is 2.86 bits per heavy atom. The molecule has 5 nitrogen and oxygen atoms in total. The summed E-state index contributed by atoms with van der Waals surface area (Å²) in [7, 11) is -3.76. The molecule has 0 aromatic carbocycles. The van der Waals surface area contributed by atoms with Crippen LogP contribution < -0.4 is 4.72 Å². The van der Waals surface area contributed by atoms with Gasteiger partial charge >= 0.3 is 0 Å². The van der Waals surface area contributed by atoms with E-state index in [0.717, 1.165) is 12.5 Å². The predicted octanol–water partition coefficient (Wildman–Crippen LogP) is 2.01. The highest BCUT2D eigenvalue weighted by molar-refractivity contribution is 7.89. The topological polar surface area (TPSA) is 68.3 Å². The van der Waals surface area contributed by atoms with Crippen LogP contribution in [0, 0.1) is 18.2 Å². The first-order valence-corrected chi connectivity index (χ1v) is 8.50. The molecule has 0 amide bonds. The first-order chi connectivity index (χ1) is 9.78. The summed E-state index contributed by atoms with van der Waals surface area (Å²) in [5.74, 6) is -0.515. The largest absolute Gasteiger partial charge is 0.381 e. The first-order valence-electron chi connectivity index (χ1n) is 7.02. The Labute approximate surface area is 125 Å². The number of hydrogen-bond donors (Lipinski definition) is 1. The zero-order valence-corrected chi connectivity index (χ0v) is 13.3. The average molecular weight is 316 g/mol. The smallest absolute Gasteiger partial charge is 0.258 e. The number of ether oxygens (including phenoxy) is 1. The number of halogens is 1. The van der Waals surface area contributed by atoms with Crippen LogP contribution in [-0.2, 0) is 14.8 Å². The summed E-state index contributed by atoms with van der Waals surface area (Å²) < 4.78 is 46.3. The van der Waals surface area contributed by atoms with Gasteiger partial charge in [-0.15, -0.1) is 0 Å². The van der Waals surface area contributed by atoms with Crippen LogP contribution in [0.15, 0.2) is 17.2 Å².